The van der Waals surface area contributed by atoms with Crippen LogP contribution in [0.5, 0.6) is 0 Å². The molecule has 0 N–H and O–H groups in total. The van der Waals surface area contributed by atoms with E-state index in [-0.39, 0.29) is 17.7 Å². The molecule has 0 spiro atoms. The topological polar surface area (TPSA) is 56.8 Å². The van der Waals surface area contributed by atoms with E-state index in [4.69, 9.17) is 4.98 Å². The van der Waals surface area contributed by atoms with Crippen molar-refractivity contribution in [1.82, 2.24) is 14.8 Å². The molecule has 1 aromatic heterocycles. The van der Waals surface area contributed by atoms with Gasteiger partial charge in [-0.05, 0) is 56.9 Å². The normalized spacial score (nSPS) is 19.8. The number of aryl methyl sites for hydroxylation is 1. The maximum Gasteiger partial charge on any atom is 0.255 e. The fourth-order valence-electron chi connectivity index (χ4n) is 5.01. The number of carbonyl (C=O) groups is 2. The van der Waals surface area contributed by atoms with Gasteiger partial charge >= 0.3 is 0 Å². The van der Waals surface area contributed by atoms with Crippen LogP contribution in [0, 0.1) is 12.8 Å². The first-order valence-corrected chi connectivity index (χ1v) is 12.0. The number of carbonyl (C=O) groups excluding carboxylic acids is 2. The molecule has 0 bridgehead atoms. The molecule has 168 valence electrons. The molecule has 3 aliphatic rings. The van der Waals surface area contributed by atoms with E-state index in [0.29, 0.717) is 5.91 Å². The number of hydrogen-bond donors (Lipinski definition) is 0. The minimum atomic E-state index is 0.0942. The van der Waals surface area contributed by atoms with Crippen LogP contribution in [0.2, 0.25) is 0 Å². The number of hydrogen-bond acceptors (Lipinski definition) is 4. The zero-order chi connectivity index (χ0) is 22.1. The Morgan fingerprint density at radius 3 is 2.16 bits per heavy atom. The smallest absolute Gasteiger partial charge is 0.255 e. The van der Waals surface area contributed by atoms with Crippen LogP contribution in [0.4, 0.5) is 5.69 Å². The lowest BCUT2D eigenvalue weighted by atomic mass is 9.89. The molecule has 3 fully saturated rings. The van der Waals surface area contributed by atoms with Gasteiger partial charge in [-0.15, -0.1) is 0 Å². The summed E-state index contributed by atoms with van der Waals surface area (Å²) in [6, 6.07) is 14.3. The summed E-state index contributed by atoms with van der Waals surface area (Å²) in [5.74, 6) is 0.933. The molecule has 6 nitrogen and oxygen atoms in total. The Labute approximate surface area is 190 Å². The highest BCUT2D eigenvalue weighted by atomic mass is 16.2. The third-order valence-corrected chi connectivity index (χ3v) is 7.10. The standard InChI is InChI=1S/C26H32N4O2/c1-19-7-10-23(24(27-19)20-11-13-29(14-12-20)25(31)21-8-9-21)26(32)30-17-15-28(16-18-30)22-5-3-2-4-6-22/h2-7,10,20-21H,8-9,11-18H2,1H3. The Bertz CT molecular complexity index is 973. The van der Waals surface area contributed by atoms with Gasteiger partial charge in [0, 0.05) is 62.5 Å². The number of amides is 2. The number of para-hydroxylation sites is 1. The predicted octanol–water partition coefficient (Wildman–Crippen LogP) is 3.47. The summed E-state index contributed by atoms with van der Waals surface area (Å²) >= 11 is 0. The van der Waals surface area contributed by atoms with Gasteiger partial charge in [0.25, 0.3) is 5.91 Å². The number of rotatable bonds is 4. The van der Waals surface area contributed by atoms with Gasteiger partial charge in [-0.2, -0.15) is 0 Å². The number of nitrogens with zero attached hydrogens (tertiary/aromatic N) is 4. The molecule has 1 aliphatic carbocycles. The molecular formula is C26H32N4O2. The predicted molar refractivity (Wildman–Crippen MR) is 125 cm³/mol. The maximum atomic E-state index is 13.5. The average molecular weight is 433 g/mol. The Morgan fingerprint density at radius 1 is 0.812 bits per heavy atom. The lowest BCUT2D eigenvalue weighted by Gasteiger charge is -2.37. The Morgan fingerprint density at radius 2 is 1.50 bits per heavy atom. The van der Waals surface area contributed by atoms with Crippen molar-refractivity contribution in [2.75, 3.05) is 44.2 Å². The van der Waals surface area contributed by atoms with E-state index in [1.165, 1.54) is 5.69 Å². The molecule has 2 aliphatic heterocycles. The van der Waals surface area contributed by atoms with Crippen molar-refractivity contribution in [2.45, 2.75) is 38.5 Å². The van der Waals surface area contributed by atoms with Gasteiger partial charge in [-0.3, -0.25) is 14.6 Å². The maximum absolute atomic E-state index is 13.5. The molecule has 6 heteroatoms. The molecule has 32 heavy (non-hydrogen) atoms. The first-order chi connectivity index (χ1) is 15.6. The monoisotopic (exact) mass is 432 g/mol. The lowest BCUT2D eigenvalue weighted by Crippen LogP contribution is -2.49. The van der Waals surface area contributed by atoms with Crippen molar-refractivity contribution in [3.63, 3.8) is 0 Å². The average Bonchev–Trinajstić information content (AvgIpc) is 3.70. The molecule has 1 saturated carbocycles. The van der Waals surface area contributed by atoms with Gasteiger partial charge < -0.3 is 14.7 Å². The van der Waals surface area contributed by atoms with Crippen molar-refractivity contribution < 1.29 is 9.59 Å². The van der Waals surface area contributed by atoms with E-state index < -0.39 is 0 Å². The highest BCUT2D eigenvalue weighted by Gasteiger charge is 2.36. The van der Waals surface area contributed by atoms with Crippen LogP contribution < -0.4 is 4.90 Å². The van der Waals surface area contributed by atoms with Crippen molar-refractivity contribution in [3.8, 4) is 0 Å². The molecule has 1 aromatic carbocycles. The number of anilines is 1. The summed E-state index contributed by atoms with van der Waals surface area (Å²) in [6.07, 6.45) is 3.87. The van der Waals surface area contributed by atoms with Gasteiger partial charge in [0.15, 0.2) is 0 Å². The first kappa shape index (κ1) is 21.0. The molecule has 0 atom stereocenters. The highest BCUT2D eigenvalue weighted by Crippen LogP contribution is 2.35. The highest BCUT2D eigenvalue weighted by molar-refractivity contribution is 5.95. The van der Waals surface area contributed by atoms with Crippen LogP contribution in [0.15, 0.2) is 42.5 Å². The molecule has 2 amide bonds. The summed E-state index contributed by atoms with van der Waals surface area (Å²) in [5.41, 5.74) is 3.83. The minimum Gasteiger partial charge on any atom is -0.368 e. The van der Waals surface area contributed by atoms with Gasteiger partial charge in [-0.1, -0.05) is 18.2 Å². The van der Waals surface area contributed by atoms with E-state index in [0.717, 1.165) is 81.9 Å². The van der Waals surface area contributed by atoms with Crippen LogP contribution >= 0.6 is 0 Å². The summed E-state index contributed by atoms with van der Waals surface area (Å²) in [5, 5.41) is 0. The number of piperazine rings is 1. The van der Waals surface area contributed by atoms with Crippen LogP contribution in [0.1, 0.15) is 53.3 Å². The van der Waals surface area contributed by atoms with E-state index in [9.17, 15) is 9.59 Å². The summed E-state index contributed by atoms with van der Waals surface area (Å²) in [4.78, 5) is 37.1. The second kappa shape index (κ2) is 8.93. The minimum absolute atomic E-state index is 0.0942. The number of likely N-dealkylation sites (tertiary alicyclic amines) is 1. The molecule has 2 aromatic rings. The van der Waals surface area contributed by atoms with Crippen molar-refractivity contribution in [1.29, 1.82) is 0 Å². The first-order valence-electron chi connectivity index (χ1n) is 12.0. The molecule has 3 heterocycles. The molecule has 0 radical (unpaired) electrons. The van der Waals surface area contributed by atoms with E-state index in [1.54, 1.807) is 0 Å². The zero-order valence-electron chi connectivity index (χ0n) is 18.9. The quantitative estimate of drug-likeness (QED) is 0.742. The Kier molecular flexibility index (Phi) is 5.85. The van der Waals surface area contributed by atoms with Crippen LogP contribution in [-0.2, 0) is 4.79 Å². The molecular weight excluding hydrogens is 400 g/mol. The largest absolute Gasteiger partial charge is 0.368 e. The summed E-state index contributed by atoms with van der Waals surface area (Å²) in [6.45, 7) is 6.66. The van der Waals surface area contributed by atoms with E-state index in [1.807, 2.05) is 34.9 Å². The number of benzene rings is 1. The van der Waals surface area contributed by atoms with Gasteiger partial charge in [-0.25, -0.2) is 0 Å². The second-order valence-corrected chi connectivity index (χ2v) is 9.37. The Hall–Kier alpha value is -2.89. The third kappa shape index (κ3) is 4.36. The zero-order valence-corrected chi connectivity index (χ0v) is 18.9. The number of pyridine rings is 1. The van der Waals surface area contributed by atoms with Gasteiger partial charge in [0.2, 0.25) is 5.91 Å². The summed E-state index contributed by atoms with van der Waals surface area (Å²) in [7, 11) is 0. The Balaban J connectivity index is 1.26. The van der Waals surface area contributed by atoms with Crippen LogP contribution in [0.3, 0.4) is 0 Å². The number of piperidine rings is 1. The SMILES string of the molecule is Cc1ccc(C(=O)N2CCN(c3ccccc3)CC2)c(C2CCN(C(=O)C3CC3)CC2)n1. The van der Waals surface area contributed by atoms with E-state index in [2.05, 4.69) is 29.2 Å². The molecule has 5 rings (SSSR count). The molecule has 2 saturated heterocycles. The molecule has 0 unspecified atom stereocenters. The van der Waals surface area contributed by atoms with Crippen LogP contribution in [-0.4, -0.2) is 65.9 Å². The second-order valence-electron chi connectivity index (χ2n) is 9.37. The fourth-order valence-corrected chi connectivity index (χ4v) is 5.01. The lowest BCUT2D eigenvalue weighted by molar-refractivity contribution is -0.133. The van der Waals surface area contributed by atoms with E-state index >= 15 is 0 Å². The van der Waals surface area contributed by atoms with Crippen molar-refractivity contribution >= 4 is 17.5 Å². The van der Waals surface area contributed by atoms with Gasteiger partial charge in [0.05, 0.1) is 11.3 Å². The third-order valence-electron chi connectivity index (χ3n) is 7.10. The summed E-state index contributed by atoms with van der Waals surface area (Å²) < 4.78 is 0. The van der Waals surface area contributed by atoms with Gasteiger partial charge in [0.1, 0.15) is 0 Å². The number of aromatic nitrogens is 1. The van der Waals surface area contributed by atoms with Crippen LogP contribution in [0.25, 0.3) is 0 Å². The van der Waals surface area contributed by atoms with Crippen molar-refractivity contribution in [2.24, 2.45) is 5.92 Å². The fraction of sp³-hybridized carbons (Fsp3) is 0.500. The van der Waals surface area contributed by atoms with Crippen molar-refractivity contribution in [3.05, 3.63) is 59.4 Å².